The molecule has 1 aromatic carbocycles. The number of benzene rings is 1. The fraction of sp³-hybridized carbons (Fsp3) is 0.438. The van der Waals surface area contributed by atoms with Crippen LogP contribution < -0.4 is 10.1 Å². The highest BCUT2D eigenvalue weighted by atomic mass is 19.3. The van der Waals surface area contributed by atoms with E-state index in [2.05, 4.69) is 10.1 Å². The van der Waals surface area contributed by atoms with Crippen molar-refractivity contribution in [3.05, 3.63) is 29.8 Å². The van der Waals surface area contributed by atoms with Crippen molar-refractivity contribution in [2.75, 3.05) is 6.54 Å². The lowest BCUT2D eigenvalue weighted by molar-refractivity contribution is -0.138. The van der Waals surface area contributed by atoms with E-state index in [0.717, 1.165) is 4.90 Å². The summed E-state index contributed by atoms with van der Waals surface area (Å²) >= 11 is 0. The van der Waals surface area contributed by atoms with Gasteiger partial charge in [0.15, 0.2) is 0 Å². The van der Waals surface area contributed by atoms with Crippen LogP contribution in [0.25, 0.3) is 0 Å². The fourth-order valence-corrected chi connectivity index (χ4v) is 2.44. The van der Waals surface area contributed by atoms with Gasteiger partial charge in [-0.1, -0.05) is 12.1 Å². The number of carbonyl (C=O) groups excluding carboxylic acids is 3. The zero-order valence-corrected chi connectivity index (χ0v) is 13.1. The van der Waals surface area contributed by atoms with E-state index in [-0.39, 0.29) is 49.3 Å². The first-order chi connectivity index (χ1) is 11.4. The highest BCUT2D eigenvalue weighted by Gasteiger charge is 2.28. The molecule has 24 heavy (non-hydrogen) atoms. The van der Waals surface area contributed by atoms with Crippen molar-refractivity contribution in [3.63, 3.8) is 0 Å². The number of alkyl halides is 2. The van der Waals surface area contributed by atoms with Crippen molar-refractivity contribution >= 4 is 17.7 Å². The number of rotatable bonds is 7. The number of nitrogens with one attached hydrogen (secondary N) is 1. The van der Waals surface area contributed by atoms with Gasteiger partial charge in [-0.2, -0.15) is 8.78 Å². The number of ether oxygens (including phenoxy) is 1. The number of likely N-dealkylation sites (tertiary alicyclic amines) is 1. The number of amides is 3. The Hall–Kier alpha value is -2.51. The van der Waals surface area contributed by atoms with Gasteiger partial charge in [0.1, 0.15) is 5.75 Å². The molecule has 8 heteroatoms. The van der Waals surface area contributed by atoms with Crippen LogP contribution in [0, 0.1) is 0 Å². The first kappa shape index (κ1) is 17.8. The summed E-state index contributed by atoms with van der Waals surface area (Å²) in [6.45, 7) is -1.17. The minimum Gasteiger partial charge on any atom is -0.435 e. The molecule has 1 fully saturated rings. The Morgan fingerprint density at radius 3 is 2.58 bits per heavy atom. The minimum absolute atomic E-state index is 0.00492. The molecule has 1 heterocycles. The van der Waals surface area contributed by atoms with E-state index in [1.165, 1.54) is 12.1 Å². The third-order valence-corrected chi connectivity index (χ3v) is 3.68. The van der Waals surface area contributed by atoms with Gasteiger partial charge < -0.3 is 10.1 Å². The maximum absolute atomic E-state index is 12.2. The average molecular weight is 340 g/mol. The molecule has 0 aliphatic carbocycles. The molecule has 1 aromatic rings. The molecule has 1 atom stereocenters. The maximum Gasteiger partial charge on any atom is 0.387 e. The molecule has 6 nitrogen and oxygen atoms in total. The van der Waals surface area contributed by atoms with E-state index >= 15 is 0 Å². The molecule has 1 unspecified atom stereocenters. The van der Waals surface area contributed by atoms with Gasteiger partial charge in [-0.3, -0.25) is 19.3 Å². The largest absolute Gasteiger partial charge is 0.435 e. The highest BCUT2D eigenvalue weighted by molar-refractivity contribution is 6.02. The van der Waals surface area contributed by atoms with E-state index in [9.17, 15) is 23.2 Å². The lowest BCUT2D eigenvalue weighted by Crippen LogP contribution is -2.34. The molecule has 0 radical (unpaired) electrons. The summed E-state index contributed by atoms with van der Waals surface area (Å²) in [4.78, 5) is 36.0. The van der Waals surface area contributed by atoms with E-state index in [4.69, 9.17) is 0 Å². The molecule has 0 saturated carbocycles. The van der Waals surface area contributed by atoms with Crippen molar-refractivity contribution in [1.82, 2.24) is 10.2 Å². The first-order valence-electron chi connectivity index (χ1n) is 7.54. The van der Waals surface area contributed by atoms with Crippen LogP contribution in [0.15, 0.2) is 24.3 Å². The summed E-state index contributed by atoms with van der Waals surface area (Å²) in [6, 6.07) is 5.62. The van der Waals surface area contributed by atoms with Crippen LogP contribution in [0.5, 0.6) is 5.75 Å². The van der Waals surface area contributed by atoms with E-state index in [1.54, 1.807) is 19.1 Å². The first-order valence-corrected chi connectivity index (χ1v) is 7.54. The van der Waals surface area contributed by atoms with Crippen LogP contribution in [0.4, 0.5) is 8.78 Å². The van der Waals surface area contributed by atoms with E-state index in [0.29, 0.717) is 5.56 Å². The van der Waals surface area contributed by atoms with Crippen LogP contribution >= 0.6 is 0 Å². The quantitative estimate of drug-likeness (QED) is 0.771. The van der Waals surface area contributed by atoms with Crippen LogP contribution in [0.3, 0.4) is 0 Å². The Balaban J connectivity index is 1.87. The SMILES string of the molecule is CC(NC(=O)CCN1C(=O)CCC1=O)c1cccc(OC(F)F)c1. The van der Waals surface area contributed by atoms with Crippen molar-refractivity contribution in [1.29, 1.82) is 0 Å². The molecule has 0 spiro atoms. The van der Waals surface area contributed by atoms with Crippen molar-refractivity contribution in [2.45, 2.75) is 38.8 Å². The average Bonchev–Trinajstić information content (AvgIpc) is 2.83. The number of hydrogen-bond acceptors (Lipinski definition) is 4. The Morgan fingerprint density at radius 2 is 1.96 bits per heavy atom. The molecule has 0 aromatic heterocycles. The maximum atomic E-state index is 12.2. The summed E-state index contributed by atoms with van der Waals surface area (Å²) in [6.07, 6.45) is 0.372. The summed E-state index contributed by atoms with van der Waals surface area (Å²) < 4.78 is 28.8. The Morgan fingerprint density at radius 1 is 1.29 bits per heavy atom. The monoisotopic (exact) mass is 340 g/mol. The molecule has 3 amide bonds. The van der Waals surface area contributed by atoms with Crippen LogP contribution in [-0.2, 0) is 14.4 Å². The summed E-state index contributed by atoms with van der Waals surface area (Å²) in [5.41, 5.74) is 0.606. The van der Waals surface area contributed by atoms with Crippen molar-refractivity contribution in [3.8, 4) is 5.75 Å². The van der Waals surface area contributed by atoms with Gasteiger partial charge in [-0.05, 0) is 24.6 Å². The molecule has 130 valence electrons. The zero-order valence-electron chi connectivity index (χ0n) is 13.1. The number of nitrogens with zero attached hydrogens (tertiary/aromatic N) is 1. The molecular weight excluding hydrogens is 322 g/mol. The van der Waals surface area contributed by atoms with Crippen molar-refractivity contribution < 1.29 is 27.9 Å². The standard InChI is InChI=1S/C16H18F2N2O4/c1-10(11-3-2-4-12(9-11)24-16(17)18)19-13(21)7-8-20-14(22)5-6-15(20)23/h2-4,9-10,16H,5-8H2,1H3,(H,19,21). The summed E-state index contributed by atoms with van der Waals surface area (Å²) in [5, 5.41) is 2.70. The van der Waals surface area contributed by atoms with Crippen LogP contribution in [0.1, 0.15) is 37.8 Å². The van der Waals surface area contributed by atoms with Crippen LogP contribution in [-0.4, -0.2) is 35.8 Å². The second-order valence-corrected chi connectivity index (χ2v) is 5.43. The Bertz CT molecular complexity index is 620. The van der Waals surface area contributed by atoms with E-state index < -0.39 is 12.7 Å². The second kappa shape index (κ2) is 7.85. The molecule has 1 N–H and O–H groups in total. The number of halogens is 2. The molecule has 1 aliphatic heterocycles. The predicted octanol–water partition coefficient (Wildman–Crippen LogP) is 2.00. The predicted molar refractivity (Wildman–Crippen MR) is 80.2 cm³/mol. The Kier molecular flexibility index (Phi) is 5.83. The molecule has 1 aliphatic rings. The number of imide groups is 1. The normalized spacial score (nSPS) is 15.8. The van der Waals surface area contributed by atoms with Gasteiger partial charge in [0, 0.05) is 25.8 Å². The Labute approximate surface area is 137 Å². The topological polar surface area (TPSA) is 75.7 Å². The van der Waals surface area contributed by atoms with Gasteiger partial charge >= 0.3 is 6.61 Å². The van der Waals surface area contributed by atoms with Gasteiger partial charge in [0.25, 0.3) is 0 Å². The van der Waals surface area contributed by atoms with Gasteiger partial charge in [-0.25, -0.2) is 0 Å². The van der Waals surface area contributed by atoms with Gasteiger partial charge in [0.2, 0.25) is 17.7 Å². The van der Waals surface area contributed by atoms with E-state index in [1.807, 2.05) is 0 Å². The minimum atomic E-state index is -2.92. The van der Waals surface area contributed by atoms with Crippen molar-refractivity contribution in [2.24, 2.45) is 0 Å². The summed E-state index contributed by atoms with van der Waals surface area (Å²) in [7, 11) is 0. The third-order valence-electron chi connectivity index (χ3n) is 3.68. The molecule has 1 saturated heterocycles. The fourth-order valence-electron chi connectivity index (χ4n) is 2.44. The highest BCUT2D eigenvalue weighted by Crippen LogP contribution is 2.21. The number of hydrogen-bond donors (Lipinski definition) is 1. The summed E-state index contributed by atoms with van der Waals surface area (Å²) in [5.74, 6) is -0.859. The smallest absolute Gasteiger partial charge is 0.387 e. The van der Waals surface area contributed by atoms with Gasteiger partial charge in [0.05, 0.1) is 6.04 Å². The zero-order chi connectivity index (χ0) is 17.7. The molecule has 2 rings (SSSR count). The third kappa shape index (κ3) is 4.74. The van der Waals surface area contributed by atoms with Crippen LogP contribution in [0.2, 0.25) is 0 Å². The van der Waals surface area contributed by atoms with Gasteiger partial charge in [-0.15, -0.1) is 0 Å². The molecular formula is C16H18F2N2O4. The lowest BCUT2D eigenvalue weighted by Gasteiger charge is -2.17. The lowest BCUT2D eigenvalue weighted by atomic mass is 10.1. The molecule has 0 bridgehead atoms. The second-order valence-electron chi connectivity index (χ2n) is 5.43. The number of carbonyl (C=O) groups is 3.